The number of halogens is 2. The number of methoxy groups -OCH3 is 1. The van der Waals surface area contributed by atoms with Crippen molar-refractivity contribution in [3.8, 4) is 5.75 Å². The molecular weight excluding hydrogens is 354 g/mol. The Morgan fingerprint density at radius 3 is 2.80 bits per heavy atom. The van der Waals surface area contributed by atoms with Crippen molar-refractivity contribution >= 4 is 23.9 Å². The maximum atomic E-state index is 13.0. The van der Waals surface area contributed by atoms with E-state index < -0.39 is 18.2 Å². The Kier molecular flexibility index (Phi) is 6.45. The molecule has 2 rings (SSSR count). The molecule has 0 spiro atoms. The molecule has 0 atom stereocenters. The van der Waals surface area contributed by atoms with E-state index in [1.807, 2.05) is 0 Å². The minimum atomic E-state index is -2.79. The lowest BCUT2D eigenvalue weighted by Crippen LogP contribution is -2.03. The molecule has 0 bridgehead atoms. The van der Waals surface area contributed by atoms with Crippen LogP contribution in [0.4, 0.5) is 8.78 Å². The number of hydrogen-bond donors (Lipinski definition) is 0. The van der Waals surface area contributed by atoms with E-state index in [0.29, 0.717) is 16.9 Å². The summed E-state index contributed by atoms with van der Waals surface area (Å²) in [5, 5.41) is 11.4. The molecule has 1 heterocycles. The largest absolute Gasteiger partial charge is 0.496 e. The second-order valence-electron chi connectivity index (χ2n) is 4.75. The van der Waals surface area contributed by atoms with Crippen LogP contribution < -0.4 is 4.74 Å². The first-order valence-corrected chi connectivity index (χ1v) is 8.30. The van der Waals surface area contributed by atoms with Crippen LogP contribution in [0.2, 0.25) is 0 Å². The first-order chi connectivity index (χ1) is 12.0. The number of alkyl halides is 2. The Balaban J connectivity index is 2.31. The van der Waals surface area contributed by atoms with Crippen LogP contribution in [-0.4, -0.2) is 40.4 Å². The standard InChI is InChI=1S/C15H16F2N4O3S/c1-9(22)24-8-11-6-10(4-5-12(11)23-2)7-18-21-14(13(16)17)19-20-15(21)25-3/h4-7,13H,8H2,1-3H3. The number of ether oxygens (including phenoxy) is 2. The predicted octanol–water partition coefficient (Wildman–Crippen LogP) is 2.89. The molecule has 0 saturated heterocycles. The third-order valence-corrected chi connectivity index (χ3v) is 3.69. The molecular formula is C15H16F2N4O3S. The van der Waals surface area contributed by atoms with Gasteiger partial charge in [0.05, 0.1) is 13.3 Å². The highest BCUT2D eigenvalue weighted by Crippen LogP contribution is 2.23. The van der Waals surface area contributed by atoms with E-state index in [1.54, 1.807) is 24.5 Å². The van der Waals surface area contributed by atoms with E-state index in [0.717, 1.165) is 16.4 Å². The lowest BCUT2D eigenvalue weighted by Gasteiger charge is -2.09. The molecule has 0 unspecified atom stereocenters. The van der Waals surface area contributed by atoms with Crippen LogP contribution in [0.25, 0.3) is 0 Å². The number of esters is 1. The van der Waals surface area contributed by atoms with E-state index in [-0.39, 0.29) is 11.8 Å². The van der Waals surface area contributed by atoms with Crippen LogP contribution in [0.15, 0.2) is 28.5 Å². The quantitative estimate of drug-likeness (QED) is 0.424. The fourth-order valence-corrected chi connectivity index (χ4v) is 2.38. The smallest absolute Gasteiger partial charge is 0.302 e. The number of aromatic nitrogens is 3. The second-order valence-corrected chi connectivity index (χ2v) is 5.53. The summed E-state index contributed by atoms with van der Waals surface area (Å²) < 4.78 is 37.1. The molecule has 134 valence electrons. The number of carbonyl (C=O) groups excluding carboxylic acids is 1. The summed E-state index contributed by atoms with van der Waals surface area (Å²) in [6.07, 6.45) is 0.294. The fraction of sp³-hybridized carbons (Fsp3) is 0.333. The minimum Gasteiger partial charge on any atom is -0.496 e. The van der Waals surface area contributed by atoms with Gasteiger partial charge >= 0.3 is 5.97 Å². The second kappa shape index (κ2) is 8.56. The van der Waals surface area contributed by atoms with Gasteiger partial charge in [0, 0.05) is 12.5 Å². The Morgan fingerprint density at radius 2 is 2.20 bits per heavy atom. The van der Waals surface area contributed by atoms with E-state index in [1.165, 1.54) is 20.2 Å². The zero-order valence-corrected chi connectivity index (χ0v) is 14.6. The van der Waals surface area contributed by atoms with Crippen molar-refractivity contribution in [1.29, 1.82) is 0 Å². The van der Waals surface area contributed by atoms with Gasteiger partial charge < -0.3 is 9.47 Å². The number of thioether (sulfide) groups is 1. The van der Waals surface area contributed by atoms with E-state index >= 15 is 0 Å². The van der Waals surface area contributed by atoms with Crippen LogP contribution in [0.5, 0.6) is 5.75 Å². The first kappa shape index (κ1) is 18.8. The summed E-state index contributed by atoms with van der Waals surface area (Å²) in [5.74, 6) is -0.410. The molecule has 0 amide bonds. The molecule has 0 aliphatic rings. The molecule has 7 nitrogen and oxygen atoms in total. The Morgan fingerprint density at radius 1 is 1.44 bits per heavy atom. The van der Waals surface area contributed by atoms with Gasteiger partial charge in [0.1, 0.15) is 12.4 Å². The van der Waals surface area contributed by atoms with Crippen molar-refractivity contribution in [1.82, 2.24) is 14.9 Å². The summed E-state index contributed by atoms with van der Waals surface area (Å²) in [5.41, 5.74) is 1.24. The van der Waals surface area contributed by atoms with Crippen molar-refractivity contribution in [2.75, 3.05) is 13.4 Å². The van der Waals surface area contributed by atoms with Crippen molar-refractivity contribution in [2.24, 2.45) is 5.10 Å². The summed E-state index contributed by atoms with van der Waals surface area (Å²) in [6, 6.07) is 5.07. The number of hydrogen-bond acceptors (Lipinski definition) is 7. The van der Waals surface area contributed by atoms with Gasteiger partial charge in [0.25, 0.3) is 6.43 Å². The molecule has 25 heavy (non-hydrogen) atoms. The van der Waals surface area contributed by atoms with Gasteiger partial charge in [-0.3, -0.25) is 4.79 Å². The maximum absolute atomic E-state index is 13.0. The average Bonchev–Trinajstić information content (AvgIpc) is 3.01. The van der Waals surface area contributed by atoms with Gasteiger partial charge in [-0.25, -0.2) is 8.78 Å². The molecule has 1 aromatic heterocycles. The number of nitrogens with zero attached hydrogens (tertiary/aromatic N) is 4. The summed E-state index contributed by atoms with van der Waals surface area (Å²) in [7, 11) is 1.50. The van der Waals surface area contributed by atoms with E-state index in [9.17, 15) is 13.6 Å². The topological polar surface area (TPSA) is 78.6 Å². The van der Waals surface area contributed by atoms with E-state index in [2.05, 4.69) is 15.3 Å². The van der Waals surface area contributed by atoms with Crippen LogP contribution in [0.1, 0.15) is 30.3 Å². The minimum absolute atomic E-state index is 0.0329. The number of carbonyl (C=O) groups is 1. The molecule has 0 radical (unpaired) electrons. The Bertz CT molecular complexity index is 780. The van der Waals surface area contributed by atoms with Crippen molar-refractivity contribution < 1.29 is 23.0 Å². The predicted molar refractivity (Wildman–Crippen MR) is 88.2 cm³/mol. The molecule has 0 saturated carbocycles. The lowest BCUT2D eigenvalue weighted by atomic mass is 10.1. The molecule has 0 aliphatic heterocycles. The van der Waals surface area contributed by atoms with Gasteiger partial charge in [-0.15, -0.1) is 10.2 Å². The Hall–Kier alpha value is -2.49. The summed E-state index contributed by atoms with van der Waals surface area (Å²) >= 11 is 1.15. The average molecular weight is 370 g/mol. The zero-order chi connectivity index (χ0) is 18.4. The van der Waals surface area contributed by atoms with Crippen molar-refractivity contribution in [3.05, 3.63) is 35.2 Å². The van der Waals surface area contributed by atoms with Crippen LogP contribution in [-0.2, 0) is 16.1 Å². The maximum Gasteiger partial charge on any atom is 0.302 e. The first-order valence-electron chi connectivity index (χ1n) is 7.08. The van der Waals surface area contributed by atoms with Crippen molar-refractivity contribution in [3.63, 3.8) is 0 Å². The lowest BCUT2D eigenvalue weighted by molar-refractivity contribution is -0.142. The molecule has 10 heteroatoms. The highest BCUT2D eigenvalue weighted by molar-refractivity contribution is 7.98. The molecule has 1 aromatic carbocycles. The summed E-state index contributed by atoms with van der Waals surface area (Å²) in [4.78, 5) is 11.0. The monoisotopic (exact) mass is 370 g/mol. The Labute approximate surface area is 147 Å². The highest BCUT2D eigenvalue weighted by Gasteiger charge is 2.19. The molecule has 0 N–H and O–H groups in total. The molecule has 0 fully saturated rings. The molecule has 0 aliphatic carbocycles. The highest BCUT2D eigenvalue weighted by atomic mass is 32.2. The fourth-order valence-electron chi connectivity index (χ4n) is 1.94. The van der Waals surface area contributed by atoms with Gasteiger partial charge in [-0.05, 0) is 30.0 Å². The van der Waals surface area contributed by atoms with Gasteiger partial charge in [0.15, 0.2) is 0 Å². The van der Waals surface area contributed by atoms with Crippen LogP contribution in [0, 0.1) is 0 Å². The number of benzene rings is 1. The van der Waals surface area contributed by atoms with Gasteiger partial charge in [-0.1, -0.05) is 11.8 Å². The van der Waals surface area contributed by atoms with E-state index in [4.69, 9.17) is 9.47 Å². The normalized spacial score (nSPS) is 11.3. The summed E-state index contributed by atoms with van der Waals surface area (Å²) in [6.45, 7) is 1.34. The van der Waals surface area contributed by atoms with Gasteiger partial charge in [-0.2, -0.15) is 9.78 Å². The molecule has 2 aromatic rings. The third kappa shape index (κ3) is 4.75. The third-order valence-electron chi connectivity index (χ3n) is 3.07. The number of rotatable bonds is 7. The SMILES string of the molecule is COc1ccc(C=Nn2c(SC)nnc2C(F)F)cc1COC(C)=O. The van der Waals surface area contributed by atoms with Crippen LogP contribution >= 0.6 is 11.8 Å². The van der Waals surface area contributed by atoms with Crippen LogP contribution in [0.3, 0.4) is 0 Å². The van der Waals surface area contributed by atoms with Crippen molar-refractivity contribution in [2.45, 2.75) is 25.1 Å². The van der Waals surface area contributed by atoms with Gasteiger partial charge in [0.2, 0.25) is 11.0 Å². The zero-order valence-electron chi connectivity index (χ0n) is 13.8.